The Kier molecular flexibility index (Phi) is 5.50. The fourth-order valence-electron chi connectivity index (χ4n) is 1.33. The fourth-order valence-corrected chi connectivity index (χ4v) is 2.09. The third-order valence-corrected chi connectivity index (χ3v) is 2.93. The first-order valence-electron chi connectivity index (χ1n) is 5.71. The molecule has 17 heavy (non-hydrogen) atoms. The summed E-state index contributed by atoms with van der Waals surface area (Å²) in [6.45, 7) is 6.75. The summed E-state index contributed by atoms with van der Waals surface area (Å²) in [5.74, 6) is 1.11. The van der Waals surface area contributed by atoms with E-state index in [1.165, 1.54) is 11.5 Å². The molecule has 0 aliphatic rings. The molecule has 0 saturated carbocycles. The molecule has 0 spiro atoms. The number of nitrogen functional groups attached to an aromatic ring is 1. The van der Waals surface area contributed by atoms with E-state index in [9.17, 15) is 0 Å². The summed E-state index contributed by atoms with van der Waals surface area (Å²) in [4.78, 5) is 0. The van der Waals surface area contributed by atoms with Crippen molar-refractivity contribution in [2.24, 2.45) is 0 Å². The van der Waals surface area contributed by atoms with Gasteiger partial charge in [0.15, 0.2) is 16.6 Å². The van der Waals surface area contributed by atoms with Crippen molar-refractivity contribution in [1.29, 1.82) is 0 Å². The highest BCUT2D eigenvalue weighted by atomic mass is 32.1. The van der Waals surface area contributed by atoms with Gasteiger partial charge in [-0.2, -0.15) is 4.37 Å². The molecule has 0 aromatic carbocycles. The number of anilines is 2. The van der Waals surface area contributed by atoms with Gasteiger partial charge in [-0.25, -0.2) is 0 Å². The van der Waals surface area contributed by atoms with Gasteiger partial charge in [-0.3, -0.25) is 0 Å². The molecule has 0 fully saturated rings. The molecular weight excluding hydrogens is 238 g/mol. The van der Waals surface area contributed by atoms with Gasteiger partial charge in [-0.05, 0) is 38.7 Å². The molecular formula is C11H21N3O2S. The predicted molar refractivity (Wildman–Crippen MR) is 71.9 cm³/mol. The monoisotopic (exact) mass is 259 g/mol. The Labute approximate surface area is 106 Å². The molecule has 0 saturated heterocycles. The third kappa shape index (κ3) is 4.40. The second-order valence-corrected chi connectivity index (χ2v) is 4.99. The minimum absolute atomic E-state index is 0.0866. The molecule has 0 radical (unpaired) electrons. The Balaban J connectivity index is 2.63. The Morgan fingerprint density at radius 1 is 1.41 bits per heavy atom. The first-order chi connectivity index (χ1) is 8.04. The van der Waals surface area contributed by atoms with Gasteiger partial charge in [0.05, 0.1) is 6.10 Å². The molecule has 1 heterocycles. The summed E-state index contributed by atoms with van der Waals surface area (Å²) in [7, 11) is 1.70. The van der Waals surface area contributed by atoms with Gasteiger partial charge in [-0.15, -0.1) is 0 Å². The van der Waals surface area contributed by atoms with Crippen LogP contribution in [0.4, 0.5) is 10.8 Å². The van der Waals surface area contributed by atoms with Crippen LogP contribution in [0.25, 0.3) is 0 Å². The molecule has 98 valence electrons. The highest BCUT2D eigenvalue weighted by Crippen LogP contribution is 2.36. The van der Waals surface area contributed by atoms with Crippen LogP contribution in [0, 0.1) is 0 Å². The quantitative estimate of drug-likeness (QED) is 0.786. The number of hydrogen-bond acceptors (Lipinski definition) is 6. The number of ether oxygens (including phenoxy) is 2. The summed E-state index contributed by atoms with van der Waals surface area (Å²) < 4.78 is 14.8. The van der Waals surface area contributed by atoms with Crippen LogP contribution in [-0.4, -0.2) is 30.2 Å². The lowest BCUT2D eigenvalue weighted by Gasteiger charge is -2.16. The number of methoxy groups -OCH3 is 1. The Morgan fingerprint density at radius 3 is 2.71 bits per heavy atom. The van der Waals surface area contributed by atoms with Crippen molar-refractivity contribution in [2.45, 2.75) is 39.3 Å². The van der Waals surface area contributed by atoms with Gasteiger partial charge in [-0.1, -0.05) is 0 Å². The SMILES string of the molecule is COCCC(C)Nc1snc(N)c1OC(C)C. The van der Waals surface area contributed by atoms with Crippen molar-refractivity contribution in [1.82, 2.24) is 4.37 Å². The van der Waals surface area contributed by atoms with Crippen LogP contribution in [-0.2, 0) is 4.74 Å². The lowest BCUT2D eigenvalue weighted by Crippen LogP contribution is -2.17. The van der Waals surface area contributed by atoms with Crippen molar-refractivity contribution in [3.63, 3.8) is 0 Å². The van der Waals surface area contributed by atoms with Crippen molar-refractivity contribution in [3.8, 4) is 5.75 Å². The minimum Gasteiger partial charge on any atom is -0.484 e. The first kappa shape index (κ1) is 14.1. The molecule has 1 unspecified atom stereocenters. The van der Waals surface area contributed by atoms with Gasteiger partial charge in [0.25, 0.3) is 0 Å². The summed E-state index contributed by atoms with van der Waals surface area (Å²) in [6.07, 6.45) is 1.01. The van der Waals surface area contributed by atoms with E-state index in [0.29, 0.717) is 17.6 Å². The van der Waals surface area contributed by atoms with Gasteiger partial charge in [0.1, 0.15) is 0 Å². The molecule has 0 bridgehead atoms. The van der Waals surface area contributed by atoms with E-state index in [4.69, 9.17) is 15.2 Å². The van der Waals surface area contributed by atoms with Crippen molar-refractivity contribution in [2.75, 3.05) is 24.8 Å². The smallest absolute Gasteiger partial charge is 0.197 e. The molecule has 1 atom stereocenters. The molecule has 1 rings (SSSR count). The Hall–Kier alpha value is -1.01. The second kappa shape index (κ2) is 6.66. The topological polar surface area (TPSA) is 69.4 Å². The Bertz CT molecular complexity index is 341. The largest absolute Gasteiger partial charge is 0.484 e. The third-order valence-electron chi connectivity index (χ3n) is 2.16. The molecule has 0 aliphatic heterocycles. The lowest BCUT2D eigenvalue weighted by molar-refractivity contribution is 0.191. The molecule has 6 heteroatoms. The zero-order valence-corrected chi connectivity index (χ0v) is 11.6. The number of rotatable bonds is 7. The molecule has 1 aromatic heterocycles. The zero-order valence-electron chi connectivity index (χ0n) is 10.8. The highest BCUT2D eigenvalue weighted by molar-refractivity contribution is 7.11. The van der Waals surface area contributed by atoms with Crippen LogP contribution in [0.1, 0.15) is 27.2 Å². The number of nitrogens with one attached hydrogen (secondary N) is 1. The first-order valence-corrected chi connectivity index (χ1v) is 6.49. The summed E-state index contributed by atoms with van der Waals surface area (Å²) in [5, 5.41) is 4.23. The predicted octanol–water partition coefficient (Wildman–Crippen LogP) is 2.35. The van der Waals surface area contributed by atoms with Gasteiger partial charge in [0.2, 0.25) is 0 Å². The van der Waals surface area contributed by atoms with E-state index in [2.05, 4.69) is 16.6 Å². The maximum Gasteiger partial charge on any atom is 0.197 e. The second-order valence-electron chi connectivity index (χ2n) is 4.22. The van der Waals surface area contributed by atoms with Crippen LogP contribution in [0.3, 0.4) is 0 Å². The standard InChI is InChI=1S/C11H21N3O2S/c1-7(2)16-9-10(12)14-17-11(9)13-8(3)5-6-15-4/h7-8,13H,5-6H2,1-4H3,(H2,12,14). The van der Waals surface area contributed by atoms with E-state index in [1.807, 2.05) is 13.8 Å². The number of aromatic nitrogens is 1. The van der Waals surface area contributed by atoms with Crippen molar-refractivity contribution >= 4 is 22.4 Å². The van der Waals surface area contributed by atoms with Crippen LogP contribution in [0.2, 0.25) is 0 Å². The fraction of sp³-hybridized carbons (Fsp3) is 0.727. The maximum atomic E-state index is 5.78. The van der Waals surface area contributed by atoms with Gasteiger partial charge in [0, 0.05) is 19.8 Å². The van der Waals surface area contributed by atoms with Crippen molar-refractivity contribution < 1.29 is 9.47 Å². The molecule has 5 nitrogen and oxygen atoms in total. The van der Waals surface area contributed by atoms with Crippen molar-refractivity contribution in [3.05, 3.63) is 0 Å². The van der Waals surface area contributed by atoms with E-state index in [-0.39, 0.29) is 6.10 Å². The highest BCUT2D eigenvalue weighted by Gasteiger charge is 2.16. The zero-order chi connectivity index (χ0) is 12.8. The molecule has 0 amide bonds. The van der Waals surface area contributed by atoms with E-state index in [1.54, 1.807) is 7.11 Å². The van der Waals surface area contributed by atoms with E-state index < -0.39 is 0 Å². The summed E-state index contributed by atoms with van der Waals surface area (Å²) in [5.41, 5.74) is 5.78. The van der Waals surface area contributed by atoms with Crippen LogP contribution in [0.15, 0.2) is 0 Å². The lowest BCUT2D eigenvalue weighted by atomic mass is 10.2. The molecule has 1 aromatic rings. The number of hydrogen-bond donors (Lipinski definition) is 2. The average Bonchev–Trinajstić information content (AvgIpc) is 2.58. The molecule has 3 N–H and O–H groups in total. The number of nitrogens with zero attached hydrogens (tertiary/aromatic N) is 1. The van der Waals surface area contributed by atoms with E-state index >= 15 is 0 Å². The maximum absolute atomic E-state index is 5.78. The number of nitrogens with two attached hydrogens (primary N) is 1. The summed E-state index contributed by atoms with van der Waals surface area (Å²) in [6, 6.07) is 0.296. The van der Waals surface area contributed by atoms with Crippen LogP contribution in [0.5, 0.6) is 5.75 Å². The van der Waals surface area contributed by atoms with Gasteiger partial charge >= 0.3 is 0 Å². The van der Waals surface area contributed by atoms with E-state index in [0.717, 1.165) is 18.0 Å². The summed E-state index contributed by atoms with van der Waals surface area (Å²) >= 11 is 1.33. The average molecular weight is 259 g/mol. The molecule has 0 aliphatic carbocycles. The minimum atomic E-state index is 0.0866. The normalized spacial score (nSPS) is 12.8. The Morgan fingerprint density at radius 2 is 2.12 bits per heavy atom. The van der Waals surface area contributed by atoms with Gasteiger partial charge < -0.3 is 20.5 Å². The van der Waals surface area contributed by atoms with Crippen LogP contribution >= 0.6 is 11.5 Å². The van der Waals surface area contributed by atoms with Crippen LogP contribution < -0.4 is 15.8 Å².